The summed E-state index contributed by atoms with van der Waals surface area (Å²) in [4.78, 5) is 51.0. The Morgan fingerprint density at radius 3 is 2.34 bits per heavy atom. The minimum absolute atomic E-state index is 0.0450. The van der Waals surface area contributed by atoms with Crippen LogP contribution in [0.3, 0.4) is 0 Å². The van der Waals surface area contributed by atoms with E-state index in [0.717, 1.165) is 0 Å². The molecular formula is C29H25N3O9. The molecule has 0 saturated carbocycles. The van der Waals surface area contributed by atoms with Crippen LogP contribution in [0.5, 0.6) is 5.75 Å². The Morgan fingerprint density at radius 1 is 1.10 bits per heavy atom. The number of non-ortho nitro benzene ring substituents is 1. The van der Waals surface area contributed by atoms with Crippen molar-refractivity contribution in [2.45, 2.75) is 24.5 Å². The quantitative estimate of drug-likeness (QED) is 0.158. The fourth-order valence-electron chi connectivity index (χ4n) is 6.17. The molecule has 5 rings (SSSR count). The summed E-state index contributed by atoms with van der Waals surface area (Å²) in [6.45, 7) is 0. The fraction of sp³-hybridized carbons (Fsp3) is 0.276. The number of phenols is 1. The molecule has 1 amide bonds. The van der Waals surface area contributed by atoms with Crippen molar-refractivity contribution >= 4 is 23.2 Å². The lowest BCUT2D eigenvalue weighted by Crippen LogP contribution is -2.63. The number of nitrogens with zero attached hydrogens (tertiary/aromatic N) is 2. The van der Waals surface area contributed by atoms with Gasteiger partial charge in [-0.15, -0.1) is 0 Å². The average Bonchev–Trinajstić information content (AvgIpc) is 2.90. The second kappa shape index (κ2) is 9.58. The number of hydrogen-bond acceptors (Lipinski definition) is 10. The zero-order valence-electron chi connectivity index (χ0n) is 21.9. The highest BCUT2D eigenvalue weighted by Crippen LogP contribution is 2.52. The number of aromatic hydroxyl groups is 1. The minimum atomic E-state index is -2.71. The first-order valence-corrected chi connectivity index (χ1v) is 12.5. The molecule has 0 saturated heterocycles. The van der Waals surface area contributed by atoms with Crippen LogP contribution in [0.4, 0.5) is 5.69 Å². The third-order valence-electron chi connectivity index (χ3n) is 8.03. The maximum atomic E-state index is 13.8. The number of Topliss-reactive ketones (excluding diaryl/α,β-unsaturated/α-hetero) is 2. The van der Waals surface area contributed by atoms with Gasteiger partial charge in [0.2, 0.25) is 5.78 Å². The van der Waals surface area contributed by atoms with E-state index in [-0.39, 0.29) is 29.7 Å². The number of ketones is 2. The number of primary amides is 1. The molecule has 12 nitrogen and oxygen atoms in total. The topological polar surface area (TPSA) is 205 Å². The molecule has 0 heterocycles. The number of amides is 1. The summed E-state index contributed by atoms with van der Waals surface area (Å²) in [5.74, 6) is -1.43. The highest BCUT2D eigenvalue weighted by atomic mass is 16.6. The molecule has 2 aromatic carbocycles. The predicted molar refractivity (Wildman–Crippen MR) is 143 cm³/mol. The number of phenolic OH excluding ortho intramolecular Hbond substituents is 1. The van der Waals surface area contributed by atoms with Crippen molar-refractivity contribution in [2.75, 3.05) is 14.1 Å². The van der Waals surface area contributed by atoms with E-state index in [2.05, 4.69) is 11.8 Å². The molecule has 4 atom stereocenters. The van der Waals surface area contributed by atoms with E-state index in [1.54, 1.807) is 14.1 Å². The maximum Gasteiger partial charge on any atom is 0.269 e. The van der Waals surface area contributed by atoms with Gasteiger partial charge >= 0.3 is 0 Å². The van der Waals surface area contributed by atoms with Crippen LogP contribution >= 0.6 is 0 Å². The molecular weight excluding hydrogens is 534 g/mol. The van der Waals surface area contributed by atoms with Crippen LogP contribution in [-0.4, -0.2) is 73.5 Å². The van der Waals surface area contributed by atoms with Gasteiger partial charge in [0.05, 0.1) is 16.5 Å². The number of carbonyl (C=O) groups excluding carboxylic acids is 3. The zero-order chi connectivity index (χ0) is 30.0. The highest BCUT2D eigenvalue weighted by molar-refractivity contribution is 6.24. The summed E-state index contributed by atoms with van der Waals surface area (Å²) >= 11 is 0. The third-order valence-corrected chi connectivity index (χ3v) is 8.03. The normalized spacial score (nSPS) is 25.2. The van der Waals surface area contributed by atoms with Crippen LogP contribution in [0.1, 0.15) is 33.5 Å². The van der Waals surface area contributed by atoms with E-state index in [1.807, 2.05) is 0 Å². The van der Waals surface area contributed by atoms with Crippen molar-refractivity contribution in [3.8, 4) is 17.6 Å². The number of allylic oxidation sites excluding steroid dienone is 1. The number of nitro benzene ring substituents is 1. The maximum absolute atomic E-state index is 13.8. The van der Waals surface area contributed by atoms with Crippen molar-refractivity contribution in [1.82, 2.24) is 4.90 Å². The molecule has 2 aromatic rings. The van der Waals surface area contributed by atoms with Crippen LogP contribution in [0.15, 0.2) is 59.1 Å². The Kier molecular flexibility index (Phi) is 6.44. The number of likely N-dealkylation sites (N-methyl/N-ethyl adjacent to an activating group) is 1. The molecule has 3 aliphatic rings. The molecule has 0 spiro atoms. The van der Waals surface area contributed by atoms with Gasteiger partial charge in [-0.05, 0) is 62.7 Å². The lowest BCUT2D eigenvalue weighted by atomic mass is 9.58. The first kappa shape index (κ1) is 27.6. The molecule has 210 valence electrons. The lowest BCUT2D eigenvalue weighted by molar-refractivity contribution is -0.384. The molecule has 0 fully saturated rings. The van der Waals surface area contributed by atoms with E-state index in [0.29, 0.717) is 16.7 Å². The zero-order valence-corrected chi connectivity index (χ0v) is 21.9. The van der Waals surface area contributed by atoms with Gasteiger partial charge in [0.1, 0.15) is 22.8 Å². The average molecular weight is 560 g/mol. The number of fused-ring (bicyclic) bond motifs is 3. The Balaban J connectivity index is 1.63. The number of rotatable bonds is 3. The van der Waals surface area contributed by atoms with Gasteiger partial charge in [0.15, 0.2) is 11.4 Å². The predicted octanol–water partition coefficient (Wildman–Crippen LogP) is 1.43. The number of aliphatic hydroxyl groups is 3. The molecule has 41 heavy (non-hydrogen) atoms. The van der Waals surface area contributed by atoms with E-state index >= 15 is 0 Å². The van der Waals surface area contributed by atoms with Crippen molar-refractivity contribution in [3.63, 3.8) is 0 Å². The summed E-state index contributed by atoms with van der Waals surface area (Å²) in [5, 5.41) is 55.4. The van der Waals surface area contributed by atoms with Crippen molar-refractivity contribution in [1.29, 1.82) is 0 Å². The summed E-state index contributed by atoms with van der Waals surface area (Å²) in [5.41, 5.74) is 2.50. The Labute approximate surface area is 233 Å². The number of carbonyl (C=O) groups is 3. The summed E-state index contributed by atoms with van der Waals surface area (Å²) in [7, 11) is 3.11. The third kappa shape index (κ3) is 4.05. The smallest absolute Gasteiger partial charge is 0.269 e. The molecule has 6 N–H and O–H groups in total. The van der Waals surface area contributed by atoms with Gasteiger partial charge in [0, 0.05) is 34.8 Å². The largest absolute Gasteiger partial charge is 0.510 e. The summed E-state index contributed by atoms with van der Waals surface area (Å²) in [6.07, 6.45) is 0.0455. The van der Waals surface area contributed by atoms with Gasteiger partial charge in [-0.1, -0.05) is 11.8 Å². The molecule has 12 heteroatoms. The second-order valence-electron chi connectivity index (χ2n) is 10.5. The Hall–Kier alpha value is -4.99. The molecule has 0 aromatic heterocycles. The molecule has 0 radical (unpaired) electrons. The number of nitro groups is 1. The van der Waals surface area contributed by atoms with Crippen LogP contribution < -0.4 is 5.73 Å². The summed E-state index contributed by atoms with van der Waals surface area (Å²) in [6, 6.07) is 7.26. The minimum Gasteiger partial charge on any atom is -0.510 e. The van der Waals surface area contributed by atoms with Crippen LogP contribution in [0.25, 0.3) is 0 Å². The molecule has 0 aliphatic heterocycles. The van der Waals surface area contributed by atoms with Crippen LogP contribution in [0.2, 0.25) is 0 Å². The molecule has 0 bridgehead atoms. The van der Waals surface area contributed by atoms with Gasteiger partial charge in [-0.3, -0.25) is 29.4 Å². The van der Waals surface area contributed by atoms with Gasteiger partial charge in [-0.2, -0.15) is 0 Å². The van der Waals surface area contributed by atoms with Crippen molar-refractivity contribution in [3.05, 3.63) is 91.4 Å². The number of nitrogens with two attached hydrogens (primary N) is 1. The van der Waals surface area contributed by atoms with E-state index < -0.39 is 68.7 Å². The van der Waals surface area contributed by atoms with E-state index in [4.69, 9.17) is 5.73 Å². The van der Waals surface area contributed by atoms with Gasteiger partial charge < -0.3 is 26.2 Å². The van der Waals surface area contributed by atoms with E-state index in [9.17, 15) is 44.9 Å². The van der Waals surface area contributed by atoms with Gasteiger partial charge in [-0.25, -0.2) is 0 Å². The summed E-state index contributed by atoms with van der Waals surface area (Å²) < 4.78 is 0. The number of aliphatic hydroxyl groups excluding tert-OH is 2. The van der Waals surface area contributed by atoms with Crippen molar-refractivity contribution in [2.24, 2.45) is 17.6 Å². The number of benzene rings is 2. The fourth-order valence-corrected chi connectivity index (χ4v) is 6.17. The molecule has 0 unspecified atom stereocenters. The second-order valence-corrected chi connectivity index (χ2v) is 10.5. The standard InChI is InChI=1S/C29H25N3O9/c1-31(2)23-18-12-15-11-17-14(6-3-13-4-8-16(9-5-13)32(40)41)7-10-19(33)21(17)24(34)20(15)26(36)29(18,39)27(37)22(25(23)35)28(30)38/h4-5,7-10,15,18,23,33,35-36,39H,11-12H2,1-2H3,(H2,30,38)/t15-,18-,23-,29-/m1/s1. The van der Waals surface area contributed by atoms with Crippen LogP contribution in [0, 0.1) is 33.8 Å². The lowest BCUT2D eigenvalue weighted by Gasteiger charge is -2.50. The highest BCUT2D eigenvalue weighted by Gasteiger charge is 2.63. The first-order chi connectivity index (χ1) is 19.3. The van der Waals surface area contributed by atoms with Crippen LogP contribution in [-0.2, 0) is 16.0 Å². The Bertz CT molecular complexity index is 1680. The van der Waals surface area contributed by atoms with E-state index in [1.165, 1.54) is 41.3 Å². The SMILES string of the molecule is CN(C)[C@H]1C(O)=C(C(N)=O)C(=O)[C@]2(O)C(O)=C3C(=O)c4c(O)ccc(C#Cc5ccc([N+](=O)[O-])cc5)c4C[C@@H]3C[C@H]12. The monoisotopic (exact) mass is 559 g/mol. The first-order valence-electron chi connectivity index (χ1n) is 12.5. The van der Waals surface area contributed by atoms with Crippen molar-refractivity contribution < 1.29 is 39.7 Å². The molecule has 3 aliphatic carbocycles. The van der Waals surface area contributed by atoms with Gasteiger partial charge in [0.25, 0.3) is 11.6 Å². The Morgan fingerprint density at radius 2 is 1.76 bits per heavy atom. The number of hydrogen-bond donors (Lipinski definition) is 5.